The predicted octanol–water partition coefficient (Wildman–Crippen LogP) is 3.66. The highest BCUT2D eigenvalue weighted by atomic mass is 16.5. The fourth-order valence-electron chi connectivity index (χ4n) is 1.59. The summed E-state index contributed by atoms with van der Waals surface area (Å²) in [5.74, 6) is 1.05. The number of allylic oxidation sites excluding steroid dienone is 1. The van der Waals surface area contributed by atoms with E-state index in [-0.39, 0.29) is 0 Å². The Morgan fingerprint density at radius 2 is 2.13 bits per heavy atom. The second kappa shape index (κ2) is 4.52. The summed E-state index contributed by atoms with van der Waals surface area (Å²) in [7, 11) is 0. The van der Waals surface area contributed by atoms with Crippen LogP contribution in [-0.2, 0) is 6.42 Å². The third kappa shape index (κ3) is 2.85. The first-order chi connectivity index (χ1) is 7.29. The fourth-order valence-corrected chi connectivity index (χ4v) is 1.59. The summed E-state index contributed by atoms with van der Waals surface area (Å²) in [4.78, 5) is 0. The van der Waals surface area contributed by atoms with E-state index in [1.54, 1.807) is 5.57 Å². The Kier molecular flexibility index (Phi) is 3.10. The van der Waals surface area contributed by atoms with Crippen LogP contribution in [0.3, 0.4) is 0 Å². The average Bonchev–Trinajstić information content (AvgIpc) is 3.05. The maximum Gasteiger partial charge on any atom is 0.122 e. The molecule has 15 heavy (non-hydrogen) atoms. The van der Waals surface area contributed by atoms with Crippen molar-refractivity contribution in [1.29, 1.82) is 0 Å². The lowest BCUT2D eigenvalue weighted by molar-refractivity contribution is 0.320. The molecule has 0 bridgehead atoms. The van der Waals surface area contributed by atoms with Gasteiger partial charge in [-0.3, -0.25) is 0 Å². The van der Waals surface area contributed by atoms with Gasteiger partial charge in [-0.05, 0) is 37.0 Å². The van der Waals surface area contributed by atoms with Crippen LogP contribution in [0.25, 0.3) is 0 Å². The van der Waals surface area contributed by atoms with Gasteiger partial charge in [0.05, 0.1) is 6.61 Å². The number of rotatable bonds is 5. The van der Waals surface area contributed by atoms with E-state index in [0.717, 1.165) is 25.2 Å². The molecule has 0 radical (unpaired) electrons. The molecule has 0 unspecified atom stereocenters. The average molecular weight is 202 g/mol. The Balaban J connectivity index is 1.95. The molecular formula is C14H18O. The quantitative estimate of drug-likeness (QED) is 0.662. The molecule has 0 spiro atoms. The molecule has 0 saturated heterocycles. The Morgan fingerprint density at radius 1 is 1.33 bits per heavy atom. The molecule has 1 nitrogen and oxygen atoms in total. The minimum absolute atomic E-state index is 0.819. The van der Waals surface area contributed by atoms with Crippen molar-refractivity contribution in [2.24, 2.45) is 0 Å². The normalized spacial score (nSPS) is 13.6. The molecule has 1 aromatic carbocycles. The monoisotopic (exact) mass is 202 g/mol. The molecule has 0 aromatic heterocycles. The zero-order chi connectivity index (χ0) is 10.7. The first kappa shape index (κ1) is 10.3. The second-order valence-corrected chi connectivity index (χ2v) is 4.12. The second-order valence-electron chi connectivity index (χ2n) is 4.12. The summed E-state index contributed by atoms with van der Waals surface area (Å²) in [6.07, 6.45) is 5.63. The Hall–Kier alpha value is -1.24. The summed E-state index contributed by atoms with van der Waals surface area (Å²) in [6.45, 7) is 5.09. The Labute approximate surface area is 91.8 Å². The third-order valence-corrected chi connectivity index (χ3v) is 2.83. The van der Waals surface area contributed by atoms with Crippen LogP contribution in [0, 0.1) is 6.92 Å². The topological polar surface area (TPSA) is 9.23 Å². The van der Waals surface area contributed by atoms with Crippen molar-refractivity contribution in [3.8, 4) is 5.75 Å². The molecule has 1 aromatic rings. The standard InChI is InChI=1S/C14H18O/c1-3-12-5-4-11(2)14(10-12)15-9-8-13-6-7-13/h4-6,10H,3,7-9H2,1-2H3. The van der Waals surface area contributed by atoms with Crippen molar-refractivity contribution in [3.63, 3.8) is 0 Å². The van der Waals surface area contributed by atoms with Gasteiger partial charge in [0.15, 0.2) is 0 Å². The molecule has 1 aliphatic carbocycles. The van der Waals surface area contributed by atoms with Crippen LogP contribution in [0.5, 0.6) is 5.75 Å². The van der Waals surface area contributed by atoms with Gasteiger partial charge in [-0.1, -0.05) is 30.7 Å². The van der Waals surface area contributed by atoms with E-state index in [1.165, 1.54) is 17.5 Å². The van der Waals surface area contributed by atoms with Gasteiger partial charge in [0, 0.05) is 6.42 Å². The maximum atomic E-state index is 5.79. The van der Waals surface area contributed by atoms with Crippen molar-refractivity contribution >= 4 is 0 Å². The van der Waals surface area contributed by atoms with Crippen LogP contribution < -0.4 is 4.74 Å². The molecule has 80 valence electrons. The molecular weight excluding hydrogens is 184 g/mol. The number of benzene rings is 1. The molecule has 1 heteroatoms. The van der Waals surface area contributed by atoms with Crippen LogP contribution in [0.4, 0.5) is 0 Å². The zero-order valence-electron chi connectivity index (χ0n) is 9.55. The zero-order valence-corrected chi connectivity index (χ0v) is 9.55. The van der Waals surface area contributed by atoms with E-state index in [0.29, 0.717) is 0 Å². The molecule has 0 saturated carbocycles. The lowest BCUT2D eigenvalue weighted by atomic mass is 10.1. The number of hydrogen-bond acceptors (Lipinski definition) is 1. The first-order valence-corrected chi connectivity index (χ1v) is 5.70. The number of ether oxygens (including phenoxy) is 1. The first-order valence-electron chi connectivity index (χ1n) is 5.70. The SMILES string of the molecule is CCc1ccc(C)c(OCCC2=CC2)c1. The number of aryl methyl sites for hydroxylation is 2. The lowest BCUT2D eigenvalue weighted by Gasteiger charge is -2.09. The third-order valence-electron chi connectivity index (χ3n) is 2.83. The summed E-state index contributed by atoms with van der Waals surface area (Å²) >= 11 is 0. The van der Waals surface area contributed by atoms with Gasteiger partial charge in [0.1, 0.15) is 5.75 Å². The molecule has 1 aliphatic rings. The highest BCUT2D eigenvalue weighted by Crippen LogP contribution is 2.24. The van der Waals surface area contributed by atoms with Crippen molar-refractivity contribution in [3.05, 3.63) is 41.0 Å². The summed E-state index contributed by atoms with van der Waals surface area (Å²) in [6, 6.07) is 6.48. The Morgan fingerprint density at radius 3 is 2.80 bits per heavy atom. The van der Waals surface area contributed by atoms with Crippen LogP contribution in [-0.4, -0.2) is 6.61 Å². The molecule has 2 rings (SSSR count). The van der Waals surface area contributed by atoms with Gasteiger partial charge in [-0.15, -0.1) is 0 Å². The van der Waals surface area contributed by atoms with Gasteiger partial charge in [-0.25, -0.2) is 0 Å². The van der Waals surface area contributed by atoms with Gasteiger partial charge in [0.25, 0.3) is 0 Å². The van der Waals surface area contributed by atoms with Crippen molar-refractivity contribution < 1.29 is 4.74 Å². The highest BCUT2D eigenvalue weighted by molar-refractivity contribution is 5.36. The lowest BCUT2D eigenvalue weighted by Crippen LogP contribution is -1.98. The van der Waals surface area contributed by atoms with E-state index in [4.69, 9.17) is 4.74 Å². The minimum atomic E-state index is 0.819. The van der Waals surface area contributed by atoms with E-state index >= 15 is 0 Å². The van der Waals surface area contributed by atoms with Gasteiger partial charge in [-0.2, -0.15) is 0 Å². The Bertz CT molecular complexity index is 377. The van der Waals surface area contributed by atoms with Gasteiger partial charge in [0.2, 0.25) is 0 Å². The smallest absolute Gasteiger partial charge is 0.122 e. The van der Waals surface area contributed by atoms with Crippen LogP contribution in [0.2, 0.25) is 0 Å². The van der Waals surface area contributed by atoms with Crippen molar-refractivity contribution in [2.45, 2.75) is 33.1 Å². The minimum Gasteiger partial charge on any atom is -0.493 e. The largest absolute Gasteiger partial charge is 0.493 e. The molecule has 0 atom stereocenters. The van der Waals surface area contributed by atoms with E-state index in [1.807, 2.05) is 0 Å². The highest BCUT2D eigenvalue weighted by Gasteiger charge is 2.07. The molecule has 0 heterocycles. The van der Waals surface area contributed by atoms with Gasteiger partial charge < -0.3 is 4.74 Å². The maximum absolute atomic E-state index is 5.79. The van der Waals surface area contributed by atoms with E-state index in [2.05, 4.69) is 38.1 Å². The molecule has 0 N–H and O–H groups in total. The van der Waals surface area contributed by atoms with Crippen molar-refractivity contribution in [2.75, 3.05) is 6.61 Å². The van der Waals surface area contributed by atoms with Crippen LogP contribution in [0.15, 0.2) is 29.8 Å². The van der Waals surface area contributed by atoms with Crippen LogP contribution >= 0.6 is 0 Å². The summed E-state index contributed by atoms with van der Waals surface area (Å²) in [5, 5.41) is 0. The summed E-state index contributed by atoms with van der Waals surface area (Å²) < 4.78 is 5.79. The van der Waals surface area contributed by atoms with E-state index in [9.17, 15) is 0 Å². The van der Waals surface area contributed by atoms with E-state index < -0.39 is 0 Å². The predicted molar refractivity (Wildman–Crippen MR) is 63.4 cm³/mol. The van der Waals surface area contributed by atoms with Crippen LogP contribution in [0.1, 0.15) is 30.9 Å². The molecule has 0 aliphatic heterocycles. The summed E-state index contributed by atoms with van der Waals surface area (Å²) in [5.41, 5.74) is 4.12. The van der Waals surface area contributed by atoms with Gasteiger partial charge >= 0.3 is 0 Å². The van der Waals surface area contributed by atoms with Crippen molar-refractivity contribution in [1.82, 2.24) is 0 Å². The molecule has 0 fully saturated rings. The molecule has 0 amide bonds. The fraction of sp³-hybridized carbons (Fsp3) is 0.429. The number of hydrogen-bond donors (Lipinski definition) is 0.